The molecule has 0 heterocycles. The lowest BCUT2D eigenvalue weighted by molar-refractivity contribution is 0.240. The molecule has 0 spiro atoms. The molecular weight excluding hydrogens is 238 g/mol. The minimum absolute atomic E-state index is 0.0308. The summed E-state index contributed by atoms with van der Waals surface area (Å²) in [7, 11) is 3.27. The monoisotopic (exact) mass is 255 g/mol. The zero-order valence-electron chi connectivity index (χ0n) is 10.3. The number of benzene rings is 1. The van der Waals surface area contributed by atoms with E-state index in [0.717, 1.165) is 24.2 Å². The fourth-order valence-corrected chi connectivity index (χ4v) is 2.91. The van der Waals surface area contributed by atoms with Crippen molar-refractivity contribution < 1.29 is 9.47 Å². The Labute approximate surface area is 107 Å². The van der Waals surface area contributed by atoms with Crippen LogP contribution in [-0.2, 0) is 5.41 Å². The molecule has 0 atom stereocenters. The van der Waals surface area contributed by atoms with Gasteiger partial charge in [0.25, 0.3) is 0 Å². The topological polar surface area (TPSA) is 44.5 Å². The number of methoxy groups -OCH3 is 2. The van der Waals surface area contributed by atoms with Gasteiger partial charge in [0.15, 0.2) is 11.5 Å². The first-order valence-electron chi connectivity index (χ1n) is 5.79. The molecule has 94 valence electrons. The molecule has 0 bridgehead atoms. The number of ether oxygens (including phenoxy) is 2. The maximum absolute atomic E-state index is 6.32. The van der Waals surface area contributed by atoms with Gasteiger partial charge in [0.2, 0.25) is 0 Å². The first-order valence-corrected chi connectivity index (χ1v) is 6.17. The third-order valence-corrected chi connectivity index (χ3v) is 4.04. The predicted molar refractivity (Wildman–Crippen MR) is 69.1 cm³/mol. The summed E-state index contributed by atoms with van der Waals surface area (Å²) in [6.45, 7) is 0.593. The Bertz CT molecular complexity index is 411. The van der Waals surface area contributed by atoms with Crippen molar-refractivity contribution in [2.45, 2.75) is 24.7 Å². The van der Waals surface area contributed by atoms with Crippen molar-refractivity contribution in [3.05, 3.63) is 22.7 Å². The van der Waals surface area contributed by atoms with Gasteiger partial charge in [-0.15, -0.1) is 0 Å². The molecule has 1 saturated carbocycles. The lowest BCUT2D eigenvalue weighted by Crippen LogP contribution is -2.42. The van der Waals surface area contributed by atoms with Crippen LogP contribution in [0, 0.1) is 0 Å². The zero-order chi connectivity index (χ0) is 12.5. The van der Waals surface area contributed by atoms with E-state index in [-0.39, 0.29) is 5.41 Å². The fraction of sp³-hybridized carbons (Fsp3) is 0.538. The van der Waals surface area contributed by atoms with Crippen LogP contribution in [0.5, 0.6) is 11.5 Å². The van der Waals surface area contributed by atoms with E-state index in [1.165, 1.54) is 6.42 Å². The molecule has 1 fully saturated rings. The van der Waals surface area contributed by atoms with E-state index in [1.54, 1.807) is 14.2 Å². The lowest BCUT2D eigenvalue weighted by atomic mass is 9.64. The predicted octanol–water partition coefficient (Wildman–Crippen LogP) is 2.74. The van der Waals surface area contributed by atoms with E-state index >= 15 is 0 Å². The van der Waals surface area contributed by atoms with Crippen LogP contribution < -0.4 is 15.2 Å². The third kappa shape index (κ3) is 1.87. The number of rotatable bonds is 4. The largest absolute Gasteiger partial charge is 0.493 e. The van der Waals surface area contributed by atoms with Gasteiger partial charge in [0.1, 0.15) is 0 Å². The van der Waals surface area contributed by atoms with Gasteiger partial charge in [-0.05, 0) is 25.0 Å². The number of nitrogens with two attached hydrogens (primary N) is 1. The molecule has 0 saturated heterocycles. The van der Waals surface area contributed by atoms with Gasteiger partial charge in [-0.3, -0.25) is 0 Å². The van der Waals surface area contributed by atoms with E-state index in [4.69, 9.17) is 26.8 Å². The molecule has 17 heavy (non-hydrogen) atoms. The summed E-state index contributed by atoms with van der Waals surface area (Å²) in [5.41, 5.74) is 6.91. The van der Waals surface area contributed by atoms with Crippen LogP contribution in [0.2, 0.25) is 5.02 Å². The highest BCUT2D eigenvalue weighted by molar-refractivity contribution is 6.31. The fourth-order valence-electron chi connectivity index (χ4n) is 2.56. The van der Waals surface area contributed by atoms with Crippen molar-refractivity contribution in [1.82, 2.24) is 0 Å². The van der Waals surface area contributed by atoms with Gasteiger partial charge in [0, 0.05) is 22.5 Å². The average Bonchev–Trinajstić information content (AvgIpc) is 2.30. The summed E-state index contributed by atoms with van der Waals surface area (Å²) >= 11 is 6.32. The van der Waals surface area contributed by atoms with Crippen molar-refractivity contribution in [3.63, 3.8) is 0 Å². The van der Waals surface area contributed by atoms with E-state index in [9.17, 15) is 0 Å². The number of hydrogen-bond donors (Lipinski definition) is 1. The second kappa shape index (κ2) is 4.75. The molecule has 0 unspecified atom stereocenters. The summed E-state index contributed by atoms with van der Waals surface area (Å²) in [5.74, 6) is 1.44. The summed E-state index contributed by atoms with van der Waals surface area (Å²) < 4.78 is 10.8. The molecule has 0 amide bonds. The minimum Gasteiger partial charge on any atom is -0.493 e. The minimum atomic E-state index is -0.0308. The first-order chi connectivity index (χ1) is 8.18. The van der Waals surface area contributed by atoms with E-state index < -0.39 is 0 Å². The molecule has 1 aliphatic carbocycles. The Balaban J connectivity index is 2.58. The van der Waals surface area contributed by atoms with Crippen molar-refractivity contribution in [3.8, 4) is 11.5 Å². The Morgan fingerprint density at radius 3 is 2.41 bits per heavy atom. The van der Waals surface area contributed by atoms with Gasteiger partial charge in [-0.25, -0.2) is 0 Å². The highest BCUT2D eigenvalue weighted by Crippen LogP contribution is 2.51. The summed E-state index contributed by atoms with van der Waals surface area (Å²) in [6, 6.07) is 3.68. The van der Waals surface area contributed by atoms with Gasteiger partial charge in [0.05, 0.1) is 14.2 Å². The molecule has 0 radical (unpaired) electrons. The zero-order valence-corrected chi connectivity index (χ0v) is 11.0. The summed E-state index contributed by atoms with van der Waals surface area (Å²) in [6.07, 6.45) is 3.31. The Hall–Kier alpha value is -0.930. The molecule has 4 heteroatoms. The molecule has 2 rings (SSSR count). The van der Waals surface area contributed by atoms with Crippen molar-refractivity contribution in [2.75, 3.05) is 20.8 Å². The van der Waals surface area contributed by atoms with E-state index in [1.807, 2.05) is 12.1 Å². The molecular formula is C13H18ClNO2. The Morgan fingerprint density at radius 2 is 2.00 bits per heavy atom. The number of halogens is 1. The highest BCUT2D eigenvalue weighted by atomic mass is 35.5. The van der Waals surface area contributed by atoms with Crippen LogP contribution >= 0.6 is 11.6 Å². The van der Waals surface area contributed by atoms with Crippen LogP contribution in [0.4, 0.5) is 0 Å². The van der Waals surface area contributed by atoms with Crippen LogP contribution in [0.3, 0.4) is 0 Å². The maximum Gasteiger partial charge on any atom is 0.165 e. The standard InChI is InChI=1S/C13H18ClNO2/c1-16-10-5-4-9(14)11(12(10)17-2)13(8-15)6-3-7-13/h4-5H,3,6-8,15H2,1-2H3. The van der Waals surface area contributed by atoms with Crippen molar-refractivity contribution >= 4 is 11.6 Å². The van der Waals surface area contributed by atoms with Crippen molar-refractivity contribution in [1.29, 1.82) is 0 Å². The van der Waals surface area contributed by atoms with Gasteiger partial charge < -0.3 is 15.2 Å². The van der Waals surface area contributed by atoms with Crippen LogP contribution in [0.1, 0.15) is 24.8 Å². The number of hydrogen-bond acceptors (Lipinski definition) is 3. The first kappa shape index (κ1) is 12.5. The highest BCUT2D eigenvalue weighted by Gasteiger charge is 2.41. The van der Waals surface area contributed by atoms with Crippen LogP contribution in [0.15, 0.2) is 12.1 Å². The van der Waals surface area contributed by atoms with Gasteiger partial charge in [-0.2, -0.15) is 0 Å². The molecule has 0 aliphatic heterocycles. The van der Waals surface area contributed by atoms with Gasteiger partial charge >= 0.3 is 0 Å². The Kier molecular flexibility index (Phi) is 3.50. The molecule has 1 aromatic carbocycles. The maximum atomic E-state index is 6.32. The molecule has 1 aliphatic rings. The Morgan fingerprint density at radius 1 is 1.29 bits per heavy atom. The third-order valence-electron chi connectivity index (χ3n) is 3.73. The SMILES string of the molecule is COc1ccc(Cl)c(C2(CN)CCC2)c1OC. The second-order valence-electron chi connectivity index (χ2n) is 4.50. The smallest absolute Gasteiger partial charge is 0.165 e. The van der Waals surface area contributed by atoms with E-state index in [2.05, 4.69) is 0 Å². The average molecular weight is 256 g/mol. The quantitative estimate of drug-likeness (QED) is 0.900. The molecule has 0 aromatic heterocycles. The summed E-state index contributed by atoms with van der Waals surface area (Å²) in [4.78, 5) is 0. The molecule has 3 nitrogen and oxygen atoms in total. The van der Waals surface area contributed by atoms with Crippen LogP contribution in [0.25, 0.3) is 0 Å². The second-order valence-corrected chi connectivity index (χ2v) is 4.90. The van der Waals surface area contributed by atoms with Crippen molar-refractivity contribution in [2.24, 2.45) is 5.73 Å². The molecule has 2 N–H and O–H groups in total. The normalized spacial score (nSPS) is 17.4. The van der Waals surface area contributed by atoms with Crippen LogP contribution in [-0.4, -0.2) is 20.8 Å². The summed E-state index contributed by atoms with van der Waals surface area (Å²) in [5, 5.41) is 0.716. The lowest BCUT2D eigenvalue weighted by Gasteiger charge is -2.42. The molecule has 1 aromatic rings. The van der Waals surface area contributed by atoms with E-state index in [0.29, 0.717) is 17.3 Å². The van der Waals surface area contributed by atoms with Gasteiger partial charge in [-0.1, -0.05) is 18.0 Å².